The Hall–Kier alpha value is -2.85. The van der Waals surface area contributed by atoms with Gasteiger partial charge >= 0.3 is 6.09 Å². The minimum Gasteiger partial charge on any atom is -0.464 e. The van der Waals surface area contributed by atoms with Crippen LogP contribution in [0.25, 0.3) is 16.5 Å². The van der Waals surface area contributed by atoms with E-state index >= 15 is 0 Å². The Morgan fingerprint density at radius 2 is 1.80 bits per heavy atom. The smallest absolute Gasteiger partial charge is 0.416 e. The molecule has 0 saturated carbocycles. The summed E-state index contributed by atoms with van der Waals surface area (Å²) in [6, 6.07) is 20.0. The van der Waals surface area contributed by atoms with Crippen molar-refractivity contribution in [2.24, 2.45) is 0 Å². The van der Waals surface area contributed by atoms with Gasteiger partial charge in [0.15, 0.2) is 0 Å². The maximum absolute atomic E-state index is 11.8. The molecular formula is C21H20N2O2. The third-order valence-electron chi connectivity index (χ3n) is 4.71. The second-order valence-corrected chi connectivity index (χ2v) is 6.42. The first-order chi connectivity index (χ1) is 12.2. The Bertz CT molecular complexity index is 941. The van der Waals surface area contributed by atoms with Gasteiger partial charge in [-0.1, -0.05) is 54.6 Å². The zero-order valence-electron chi connectivity index (χ0n) is 13.9. The van der Waals surface area contributed by atoms with Gasteiger partial charge in [-0.15, -0.1) is 0 Å². The number of para-hydroxylation sites is 1. The summed E-state index contributed by atoms with van der Waals surface area (Å²) in [5, 5.41) is 10.7. The molecule has 0 fully saturated rings. The summed E-state index contributed by atoms with van der Waals surface area (Å²) in [6.45, 7) is 2.63. The summed E-state index contributed by atoms with van der Waals surface area (Å²) in [6.07, 6.45) is 2.18. The average Bonchev–Trinajstić information content (AvgIpc) is 3.03. The van der Waals surface area contributed by atoms with Crippen molar-refractivity contribution in [3.63, 3.8) is 0 Å². The van der Waals surface area contributed by atoms with Gasteiger partial charge < -0.3 is 5.11 Å². The van der Waals surface area contributed by atoms with Crippen molar-refractivity contribution in [2.75, 3.05) is 13.1 Å². The topological polar surface area (TPSA) is 45.5 Å². The Balaban J connectivity index is 1.65. The van der Waals surface area contributed by atoms with Crippen molar-refractivity contribution in [1.29, 1.82) is 0 Å². The second-order valence-electron chi connectivity index (χ2n) is 6.42. The van der Waals surface area contributed by atoms with E-state index in [0.717, 1.165) is 48.2 Å². The minimum absolute atomic E-state index is 0.742. The van der Waals surface area contributed by atoms with E-state index in [2.05, 4.69) is 35.2 Å². The zero-order chi connectivity index (χ0) is 17.2. The van der Waals surface area contributed by atoms with E-state index in [9.17, 15) is 9.90 Å². The van der Waals surface area contributed by atoms with Gasteiger partial charge in [-0.25, -0.2) is 9.36 Å². The van der Waals surface area contributed by atoms with Crippen molar-refractivity contribution in [2.45, 2.75) is 13.0 Å². The Morgan fingerprint density at radius 3 is 2.60 bits per heavy atom. The molecule has 25 heavy (non-hydrogen) atoms. The van der Waals surface area contributed by atoms with Crippen LogP contribution in [0.5, 0.6) is 0 Å². The fourth-order valence-corrected chi connectivity index (χ4v) is 3.57. The van der Waals surface area contributed by atoms with E-state index in [1.54, 1.807) is 0 Å². The number of benzene rings is 2. The largest absolute Gasteiger partial charge is 0.464 e. The van der Waals surface area contributed by atoms with Crippen LogP contribution in [0, 0.1) is 0 Å². The van der Waals surface area contributed by atoms with E-state index in [1.807, 2.05) is 36.4 Å². The number of hydrogen-bond acceptors (Lipinski definition) is 2. The molecule has 4 rings (SSSR count). The third kappa shape index (κ3) is 3.08. The number of carbonyl (C=O) groups is 1. The van der Waals surface area contributed by atoms with Crippen molar-refractivity contribution < 1.29 is 9.90 Å². The second kappa shape index (κ2) is 6.57. The number of rotatable bonds is 3. The molecule has 2 heterocycles. The predicted molar refractivity (Wildman–Crippen MR) is 99.7 cm³/mol. The molecule has 0 unspecified atom stereocenters. The molecule has 3 aromatic rings. The van der Waals surface area contributed by atoms with Crippen LogP contribution >= 0.6 is 0 Å². The van der Waals surface area contributed by atoms with Crippen LogP contribution in [0.1, 0.15) is 17.7 Å². The van der Waals surface area contributed by atoms with Crippen molar-refractivity contribution in [3.8, 4) is 0 Å². The molecule has 1 aromatic heterocycles. The van der Waals surface area contributed by atoms with Crippen LogP contribution < -0.4 is 0 Å². The first kappa shape index (κ1) is 15.7. The lowest BCUT2D eigenvalue weighted by molar-refractivity contribution is 0.197. The molecule has 0 atom stereocenters. The van der Waals surface area contributed by atoms with Crippen LogP contribution in [-0.4, -0.2) is 33.8 Å². The lowest BCUT2D eigenvalue weighted by Gasteiger charge is -2.27. The highest BCUT2D eigenvalue weighted by Crippen LogP contribution is 2.28. The molecule has 4 nitrogen and oxygen atoms in total. The predicted octanol–water partition coefficient (Wildman–Crippen LogP) is 4.46. The van der Waals surface area contributed by atoms with Gasteiger partial charge in [0.25, 0.3) is 0 Å². The molecule has 0 saturated heterocycles. The van der Waals surface area contributed by atoms with Crippen LogP contribution in [-0.2, 0) is 6.54 Å². The maximum atomic E-state index is 11.8. The number of carboxylic acid groups (broad SMARTS) is 1. The summed E-state index contributed by atoms with van der Waals surface area (Å²) in [4.78, 5) is 14.2. The van der Waals surface area contributed by atoms with E-state index < -0.39 is 6.09 Å². The fraction of sp³-hybridized carbons (Fsp3) is 0.190. The van der Waals surface area contributed by atoms with Gasteiger partial charge in [0.2, 0.25) is 0 Å². The van der Waals surface area contributed by atoms with E-state index in [4.69, 9.17) is 0 Å². The summed E-state index contributed by atoms with van der Waals surface area (Å²) < 4.78 is 1.41. The summed E-state index contributed by atoms with van der Waals surface area (Å²) in [7, 11) is 0. The first-order valence-electron chi connectivity index (χ1n) is 8.52. The molecule has 0 bridgehead atoms. The number of fused-ring (bicyclic) bond motifs is 1. The molecule has 0 amide bonds. The van der Waals surface area contributed by atoms with Crippen LogP contribution in [0.2, 0.25) is 0 Å². The van der Waals surface area contributed by atoms with Gasteiger partial charge in [-0.3, -0.25) is 4.90 Å². The van der Waals surface area contributed by atoms with E-state index in [0.29, 0.717) is 0 Å². The molecule has 0 radical (unpaired) electrons. The molecule has 0 spiro atoms. The summed E-state index contributed by atoms with van der Waals surface area (Å²) in [5.74, 6) is 0. The third-order valence-corrected chi connectivity index (χ3v) is 4.71. The van der Waals surface area contributed by atoms with Crippen molar-refractivity contribution >= 4 is 22.6 Å². The van der Waals surface area contributed by atoms with Gasteiger partial charge in [-0.05, 0) is 29.7 Å². The molecule has 1 N–H and O–H groups in total. The fourth-order valence-electron chi connectivity index (χ4n) is 3.57. The Kier molecular flexibility index (Phi) is 4.12. The van der Waals surface area contributed by atoms with Crippen LogP contribution in [0.15, 0.2) is 66.7 Å². The molecule has 4 heteroatoms. The quantitative estimate of drug-likeness (QED) is 0.770. The molecular weight excluding hydrogens is 312 g/mol. The maximum Gasteiger partial charge on any atom is 0.416 e. The molecule has 126 valence electrons. The number of aromatic nitrogens is 1. The van der Waals surface area contributed by atoms with Gasteiger partial charge in [0.1, 0.15) is 0 Å². The molecule has 2 aromatic carbocycles. The van der Waals surface area contributed by atoms with E-state index in [-0.39, 0.29) is 0 Å². The molecule has 0 aliphatic carbocycles. The average molecular weight is 332 g/mol. The highest BCUT2D eigenvalue weighted by atomic mass is 16.4. The summed E-state index contributed by atoms with van der Waals surface area (Å²) in [5.41, 5.74) is 3.89. The van der Waals surface area contributed by atoms with Gasteiger partial charge in [0, 0.05) is 25.0 Å². The minimum atomic E-state index is -0.933. The Labute approximate surface area is 146 Å². The monoisotopic (exact) mass is 332 g/mol. The highest BCUT2D eigenvalue weighted by molar-refractivity contribution is 5.94. The lowest BCUT2D eigenvalue weighted by Crippen LogP contribution is -2.30. The van der Waals surface area contributed by atoms with Crippen molar-refractivity contribution in [1.82, 2.24) is 9.47 Å². The van der Waals surface area contributed by atoms with Crippen LogP contribution in [0.3, 0.4) is 0 Å². The lowest BCUT2D eigenvalue weighted by atomic mass is 10.1. The standard InChI is InChI=1S/C21H20N2O2/c24-21(25)23-19-11-5-4-9-17(19)13-20(23)18-10-6-12-22(15-18)14-16-7-2-1-3-8-16/h1-5,7-11,13H,6,12,14-15H2,(H,24,25). The zero-order valence-corrected chi connectivity index (χ0v) is 13.9. The normalized spacial score (nSPS) is 15.3. The number of hydrogen-bond donors (Lipinski definition) is 1. The van der Waals surface area contributed by atoms with Crippen LogP contribution in [0.4, 0.5) is 4.79 Å². The number of nitrogens with zero attached hydrogens (tertiary/aromatic N) is 2. The SMILES string of the molecule is O=C(O)n1c(C2=CCCN(Cc3ccccc3)C2)cc2ccccc21. The van der Waals surface area contributed by atoms with Gasteiger partial charge in [0.05, 0.1) is 11.2 Å². The molecule has 1 aliphatic rings. The van der Waals surface area contributed by atoms with Crippen molar-refractivity contribution in [3.05, 3.63) is 78.0 Å². The highest BCUT2D eigenvalue weighted by Gasteiger charge is 2.21. The summed E-state index contributed by atoms with van der Waals surface area (Å²) >= 11 is 0. The Morgan fingerprint density at radius 1 is 1.04 bits per heavy atom. The first-order valence-corrected chi connectivity index (χ1v) is 8.52. The van der Waals surface area contributed by atoms with E-state index in [1.165, 1.54) is 10.1 Å². The molecule has 1 aliphatic heterocycles. The van der Waals surface area contributed by atoms with Gasteiger partial charge in [-0.2, -0.15) is 0 Å².